The van der Waals surface area contributed by atoms with Gasteiger partial charge in [-0.3, -0.25) is 14.6 Å². The Morgan fingerprint density at radius 3 is 2.00 bits per heavy atom. The molecule has 3 aliphatic heterocycles. The number of nitrogens with zero attached hydrogens (tertiary/aromatic N) is 3. The van der Waals surface area contributed by atoms with E-state index < -0.39 is 5.79 Å². The maximum Gasteiger partial charge on any atom is 0.236 e. The summed E-state index contributed by atoms with van der Waals surface area (Å²) in [6.07, 6.45) is 9.12. The van der Waals surface area contributed by atoms with Gasteiger partial charge in [0, 0.05) is 56.9 Å². The van der Waals surface area contributed by atoms with E-state index in [0.717, 1.165) is 80.9 Å². The van der Waals surface area contributed by atoms with Crippen molar-refractivity contribution in [3.8, 4) is 0 Å². The number of ether oxygens (including phenoxy) is 2. The number of fused-ring (bicyclic) bond motifs is 4. The van der Waals surface area contributed by atoms with Crippen LogP contribution in [0.4, 0.5) is 0 Å². The lowest BCUT2D eigenvalue weighted by Gasteiger charge is -2.36. The van der Waals surface area contributed by atoms with Crippen molar-refractivity contribution in [3.05, 3.63) is 70.8 Å². The molecule has 2 aromatic carbocycles. The second-order valence-corrected chi connectivity index (χ2v) is 10.5. The van der Waals surface area contributed by atoms with Gasteiger partial charge in [0.25, 0.3) is 0 Å². The summed E-state index contributed by atoms with van der Waals surface area (Å²) in [4.78, 5) is 19.7. The van der Waals surface area contributed by atoms with Crippen LogP contribution in [-0.2, 0) is 20.1 Å². The molecule has 2 aromatic rings. The lowest BCUT2D eigenvalue weighted by molar-refractivity contribution is -0.145. The van der Waals surface area contributed by atoms with Crippen LogP contribution in [-0.4, -0.2) is 85.7 Å². The number of carbonyl (C=O) groups excluding carboxylic acids is 1. The van der Waals surface area contributed by atoms with Gasteiger partial charge in [-0.15, -0.1) is 0 Å². The highest BCUT2D eigenvalue weighted by Gasteiger charge is 2.47. The van der Waals surface area contributed by atoms with Gasteiger partial charge >= 0.3 is 0 Å². The minimum atomic E-state index is -0.872. The number of hydrogen-bond acceptors (Lipinski definition) is 5. The van der Waals surface area contributed by atoms with Crippen molar-refractivity contribution >= 4 is 18.1 Å². The molecule has 4 aliphatic rings. The van der Waals surface area contributed by atoms with Crippen LogP contribution in [0.15, 0.2) is 48.5 Å². The zero-order chi connectivity index (χ0) is 24.4. The summed E-state index contributed by atoms with van der Waals surface area (Å²) in [6.45, 7) is 7.58. The third-order valence-electron chi connectivity index (χ3n) is 8.12. The average Bonchev–Trinajstić information content (AvgIpc) is 3.08. The van der Waals surface area contributed by atoms with E-state index in [1.165, 1.54) is 12.8 Å². The first-order valence-corrected chi connectivity index (χ1v) is 13.6. The summed E-state index contributed by atoms with van der Waals surface area (Å²) in [5, 5.41) is 0. The SMILES string of the molecule is O=C(CN1CCN(CC2COC3(O2)c2ccccc2C=Cc2ccccc23)CC1)N1CCCCCC1. The second-order valence-electron chi connectivity index (χ2n) is 10.5. The fraction of sp³-hybridized carbons (Fsp3) is 0.500. The molecule has 190 valence electrons. The van der Waals surface area contributed by atoms with Crippen molar-refractivity contribution in [3.63, 3.8) is 0 Å². The van der Waals surface area contributed by atoms with Gasteiger partial charge in [-0.2, -0.15) is 0 Å². The van der Waals surface area contributed by atoms with Gasteiger partial charge in [-0.05, 0) is 24.0 Å². The van der Waals surface area contributed by atoms with Crippen LogP contribution >= 0.6 is 0 Å². The van der Waals surface area contributed by atoms with E-state index in [1.807, 2.05) is 0 Å². The van der Waals surface area contributed by atoms with Gasteiger partial charge in [0.05, 0.1) is 19.3 Å². The van der Waals surface area contributed by atoms with Gasteiger partial charge in [0.15, 0.2) is 0 Å². The fourth-order valence-electron chi connectivity index (χ4n) is 6.12. The Labute approximate surface area is 214 Å². The molecule has 6 nitrogen and oxygen atoms in total. The maximum absolute atomic E-state index is 12.8. The normalized spacial score (nSPS) is 24.2. The van der Waals surface area contributed by atoms with Crippen LogP contribution in [0.1, 0.15) is 47.9 Å². The monoisotopic (exact) mass is 487 g/mol. The number of amides is 1. The number of carbonyl (C=O) groups is 1. The summed E-state index contributed by atoms with van der Waals surface area (Å²) >= 11 is 0. The van der Waals surface area contributed by atoms with Crippen LogP contribution in [0, 0.1) is 0 Å². The Balaban J connectivity index is 1.09. The molecule has 6 rings (SSSR count). The molecule has 3 heterocycles. The molecule has 1 spiro atoms. The van der Waals surface area contributed by atoms with E-state index in [9.17, 15) is 4.79 Å². The highest BCUT2D eigenvalue weighted by Crippen LogP contribution is 2.45. The van der Waals surface area contributed by atoms with Crippen LogP contribution in [0.3, 0.4) is 0 Å². The van der Waals surface area contributed by atoms with Gasteiger partial charge in [0.2, 0.25) is 11.7 Å². The summed E-state index contributed by atoms with van der Waals surface area (Å²) in [5.41, 5.74) is 4.42. The molecule has 0 bridgehead atoms. The van der Waals surface area contributed by atoms with E-state index >= 15 is 0 Å². The molecular formula is C30H37N3O3. The summed E-state index contributed by atoms with van der Waals surface area (Å²) in [6, 6.07) is 16.8. The molecule has 0 saturated carbocycles. The van der Waals surface area contributed by atoms with E-state index in [1.54, 1.807) is 0 Å². The summed E-state index contributed by atoms with van der Waals surface area (Å²) in [5.74, 6) is -0.568. The highest BCUT2D eigenvalue weighted by molar-refractivity contribution is 5.78. The Kier molecular flexibility index (Phi) is 6.94. The minimum Gasteiger partial charge on any atom is -0.342 e. The Hall–Kier alpha value is -2.51. The number of rotatable bonds is 4. The van der Waals surface area contributed by atoms with Crippen molar-refractivity contribution in [2.45, 2.75) is 37.6 Å². The van der Waals surface area contributed by atoms with Crippen LogP contribution in [0.2, 0.25) is 0 Å². The lowest BCUT2D eigenvalue weighted by Crippen LogP contribution is -2.51. The number of piperazine rings is 1. The first-order chi connectivity index (χ1) is 17.7. The molecule has 6 heteroatoms. The molecule has 36 heavy (non-hydrogen) atoms. The van der Waals surface area contributed by atoms with Crippen molar-refractivity contribution in [2.24, 2.45) is 0 Å². The van der Waals surface area contributed by atoms with Gasteiger partial charge < -0.3 is 14.4 Å². The molecule has 1 atom stereocenters. The standard InChI is InChI=1S/C30H37N3O3/c34-29(33-15-7-1-2-8-16-33)22-32-19-17-31(18-20-32)21-26-23-35-30(36-26)27-11-5-3-9-24(27)13-14-25-10-4-6-12-28(25)30/h3-6,9-14,26H,1-2,7-8,15-23H2. The molecule has 0 aromatic heterocycles. The lowest BCUT2D eigenvalue weighted by atomic mass is 9.93. The molecule has 0 radical (unpaired) electrons. The first-order valence-electron chi connectivity index (χ1n) is 13.6. The van der Waals surface area contributed by atoms with Crippen molar-refractivity contribution < 1.29 is 14.3 Å². The number of benzene rings is 2. The Morgan fingerprint density at radius 2 is 1.36 bits per heavy atom. The quantitative estimate of drug-likeness (QED) is 0.656. The third-order valence-corrected chi connectivity index (χ3v) is 8.12. The zero-order valence-corrected chi connectivity index (χ0v) is 21.1. The van der Waals surface area contributed by atoms with E-state index in [-0.39, 0.29) is 6.10 Å². The zero-order valence-electron chi connectivity index (χ0n) is 21.1. The molecule has 1 aliphatic carbocycles. The highest BCUT2D eigenvalue weighted by atomic mass is 16.7. The van der Waals surface area contributed by atoms with Crippen molar-refractivity contribution in [1.82, 2.24) is 14.7 Å². The third kappa shape index (κ3) is 4.75. The van der Waals surface area contributed by atoms with Crippen LogP contribution in [0.5, 0.6) is 0 Å². The molecule has 0 N–H and O–H groups in total. The van der Waals surface area contributed by atoms with Gasteiger partial charge in [-0.1, -0.05) is 73.5 Å². The largest absolute Gasteiger partial charge is 0.342 e. The number of hydrogen-bond donors (Lipinski definition) is 0. The van der Waals surface area contributed by atoms with E-state index in [2.05, 4.69) is 75.4 Å². The van der Waals surface area contributed by atoms with Gasteiger partial charge in [0.1, 0.15) is 0 Å². The number of likely N-dealkylation sites (tertiary alicyclic amines) is 1. The average molecular weight is 488 g/mol. The van der Waals surface area contributed by atoms with Crippen molar-refractivity contribution in [1.29, 1.82) is 0 Å². The smallest absolute Gasteiger partial charge is 0.236 e. The Morgan fingerprint density at radius 1 is 0.778 bits per heavy atom. The van der Waals surface area contributed by atoms with Crippen LogP contribution < -0.4 is 0 Å². The van der Waals surface area contributed by atoms with Crippen molar-refractivity contribution in [2.75, 3.05) is 59.0 Å². The minimum absolute atomic E-state index is 0.00510. The molecule has 3 saturated heterocycles. The second kappa shape index (κ2) is 10.5. The Bertz CT molecular complexity index is 1050. The fourth-order valence-corrected chi connectivity index (χ4v) is 6.12. The first kappa shape index (κ1) is 23.9. The van der Waals surface area contributed by atoms with Gasteiger partial charge in [-0.25, -0.2) is 0 Å². The molecule has 3 fully saturated rings. The summed E-state index contributed by atoms with van der Waals surface area (Å²) < 4.78 is 13.4. The molecular weight excluding hydrogens is 450 g/mol. The maximum atomic E-state index is 12.8. The predicted octanol–water partition coefficient (Wildman–Crippen LogP) is 3.81. The molecule has 1 unspecified atom stereocenters. The molecule has 1 amide bonds. The topological polar surface area (TPSA) is 45.3 Å². The van der Waals surface area contributed by atoms with Crippen LogP contribution in [0.25, 0.3) is 12.2 Å². The summed E-state index contributed by atoms with van der Waals surface area (Å²) in [7, 11) is 0. The van der Waals surface area contributed by atoms with E-state index in [4.69, 9.17) is 9.47 Å². The van der Waals surface area contributed by atoms with E-state index in [0.29, 0.717) is 19.1 Å². The predicted molar refractivity (Wildman–Crippen MR) is 141 cm³/mol.